The van der Waals surface area contributed by atoms with Gasteiger partial charge in [0.25, 0.3) is 10.2 Å². The minimum atomic E-state index is -3.27. The lowest BCUT2D eigenvalue weighted by atomic mass is 10.0. The number of unbranched alkanes of at least 4 members (excludes halogenated alkanes) is 1. The molecule has 1 aliphatic carbocycles. The van der Waals surface area contributed by atoms with E-state index in [1.807, 2.05) is 0 Å². The highest BCUT2D eigenvalue weighted by molar-refractivity contribution is 7.86. The molecule has 1 aliphatic heterocycles. The zero-order valence-electron chi connectivity index (χ0n) is 11.9. The molecule has 0 aromatic rings. The minimum Gasteiger partial charge on any atom is -0.330 e. The van der Waals surface area contributed by atoms with Gasteiger partial charge in [-0.3, -0.25) is 0 Å². The summed E-state index contributed by atoms with van der Waals surface area (Å²) in [5.74, 6) is 0.329. The predicted octanol–water partition coefficient (Wildman–Crippen LogP) is 1.17. The number of nitrogens with two attached hydrogens (primary N) is 1. The van der Waals surface area contributed by atoms with Crippen molar-refractivity contribution in [1.82, 2.24) is 8.61 Å². The summed E-state index contributed by atoms with van der Waals surface area (Å²) in [6.45, 7) is 4.63. The molecule has 1 saturated heterocycles. The molecule has 1 atom stereocenters. The monoisotopic (exact) mass is 289 g/mol. The fraction of sp³-hybridized carbons (Fsp3) is 1.00. The average Bonchev–Trinajstić information content (AvgIpc) is 3.23. The summed E-state index contributed by atoms with van der Waals surface area (Å²) < 4.78 is 28.9. The van der Waals surface area contributed by atoms with Gasteiger partial charge in [-0.05, 0) is 44.6 Å². The topological polar surface area (TPSA) is 66.6 Å². The van der Waals surface area contributed by atoms with E-state index in [9.17, 15) is 8.42 Å². The molecule has 1 heterocycles. The minimum absolute atomic E-state index is 0.259. The lowest BCUT2D eigenvalue weighted by Gasteiger charge is -2.35. The van der Waals surface area contributed by atoms with Gasteiger partial charge in [-0.25, -0.2) is 0 Å². The highest BCUT2D eigenvalue weighted by Crippen LogP contribution is 2.32. The van der Waals surface area contributed by atoms with Crippen molar-refractivity contribution < 1.29 is 8.42 Å². The summed E-state index contributed by atoms with van der Waals surface area (Å²) in [6, 6.07) is 0.259. The van der Waals surface area contributed by atoms with Crippen molar-refractivity contribution in [2.24, 2.45) is 11.7 Å². The van der Waals surface area contributed by atoms with Crippen LogP contribution < -0.4 is 5.73 Å². The Balaban J connectivity index is 2.05. The Morgan fingerprint density at radius 2 is 2.05 bits per heavy atom. The SMILES string of the molecule is CCCCN(C1CC1)S(=O)(=O)N1CCCC(CN)C1. The molecule has 1 saturated carbocycles. The van der Waals surface area contributed by atoms with Crippen LogP contribution in [-0.4, -0.2) is 49.2 Å². The second kappa shape index (κ2) is 6.52. The third-order valence-electron chi connectivity index (χ3n) is 4.12. The van der Waals surface area contributed by atoms with Crippen LogP contribution in [0.4, 0.5) is 0 Å². The Kier molecular flexibility index (Phi) is 5.22. The quantitative estimate of drug-likeness (QED) is 0.765. The molecule has 112 valence electrons. The van der Waals surface area contributed by atoms with E-state index in [1.165, 1.54) is 0 Å². The van der Waals surface area contributed by atoms with Crippen molar-refractivity contribution >= 4 is 10.2 Å². The lowest BCUT2D eigenvalue weighted by molar-refractivity contribution is 0.247. The number of hydrogen-bond donors (Lipinski definition) is 1. The fourth-order valence-electron chi connectivity index (χ4n) is 2.74. The molecule has 2 rings (SSSR count). The van der Waals surface area contributed by atoms with Gasteiger partial charge in [0, 0.05) is 25.7 Å². The van der Waals surface area contributed by atoms with Gasteiger partial charge in [-0.15, -0.1) is 0 Å². The molecule has 1 unspecified atom stereocenters. The summed E-state index contributed by atoms with van der Waals surface area (Å²) >= 11 is 0. The van der Waals surface area contributed by atoms with Crippen LogP contribution in [-0.2, 0) is 10.2 Å². The Bertz CT molecular complexity index is 381. The van der Waals surface area contributed by atoms with Crippen molar-refractivity contribution in [2.45, 2.75) is 51.5 Å². The standard InChI is InChI=1S/C13H27N3O2S/c1-2-3-9-16(13-6-7-13)19(17,18)15-8-4-5-12(10-14)11-15/h12-13H,2-11,14H2,1H3. The first-order chi connectivity index (χ1) is 9.09. The van der Waals surface area contributed by atoms with Gasteiger partial charge in [-0.1, -0.05) is 13.3 Å². The van der Waals surface area contributed by atoms with Crippen molar-refractivity contribution in [1.29, 1.82) is 0 Å². The van der Waals surface area contributed by atoms with E-state index < -0.39 is 10.2 Å². The summed E-state index contributed by atoms with van der Waals surface area (Å²) in [4.78, 5) is 0. The molecule has 0 spiro atoms. The first-order valence-corrected chi connectivity index (χ1v) is 8.96. The second-order valence-corrected chi connectivity index (χ2v) is 7.69. The second-order valence-electron chi connectivity index (χ2n) is 5.81. The molecule has 2 aliphatic rings. The van der Waals surface area contributed by atoms with E-state index in [0.29, 0.717) is 32.1 Å². The van der Waals surface area contributed by atoms with Crippen LogP contribution in [0.1, 0.15) is 45.4 Å². The van der Waals surface area contributed by atoms with E-state index in [2.05, 4.69) is 6.92 Å². The normalized spacial score (nSPS) is 25.9. The molecule has 0 aromatic carbocycles. The lowest BCUT2D eigenvalue weighted by Crippen LogP contribution is -2.49. The van der Waals surface area contributed by atoms with Crippen LogP contribution in [0.2, 0.25) is 0 Å². The van der Waals surface area contributed by atoms with Crippen LogP contribution >= 0.6 is 0 Å². The van der Waals surface area contributed by atoms with Gasteiger partial charge < -0.3 is 5.73 Å². The molecule has 0 aromatic heterocycles. The van der Waals surface area contributed by atoms with Gasteiger partial charge >= 0.3 is 0 Å². The molecule has 0 radical (unpaired) electrons. The summed E-state index contributed by atoms with van der Waals surface area (Å²) in [6.07, 6.45) is 6.02. The predicted molar refractivity (Wildman–Crippen MR) is 76.9 cm³/mol. The molecule has 5 nitrogen and oxygen atoms in total. The van der Waals surface area contributed by atoms with E-state index >= 15 is 0 Å². The molecule has 0 amide bonds. The number of rotatable bonds is 7. The van der Waals surface area contributed by atoms with E-state index in [1.54, 1.807) is 8.61 Å². The zero-order chi connectivity index (χ0) is 13.9. The van der Waals surface area contributed by atoms with E-state index in [-0.39, 0.29) is 6.04 Å². The number of hydrogen-bond acceptors (Lipinski definition) is 3. The summed E-state index contributed by atoms with van der Waals surface area (Å²) in [7, 11) is -3.27. The zero-order valence-corrected chi connectivity index (χ0v) is 12.7. The maximum Gasteiger partial charge on any atom is 0.282 e. The van der Waals surface area contributed by atoms with Crippen molar-refractivity contribution in [3.63, 3.8) is 0 Å². The Morgan fingerprint density at radius 3 is 2.63 bits per heavy atom. The van der Waals surface area contributed by atoms with Gasteiger partial charge in [0.15, 0.2) is 0 Å². The van der Waals surface area contributed by atoms with Crippen molar-refractivity contribution in [3.8, 4) is 0 Å². The molecular formula is C13H27N3O2S. The summed E-state index contributed by atoms with van der Waals surface area (Å²) in [5, 5.41) is 0. The van der Waals surface area contributed by atoms with Crippen LogP contribution in [0.5, 0.6) is 0 Å². The van der Waals surface area contributed by atoms with Gasteiger partial charge in [0.1, 0.15) is 0 Å². The third kappa shape index (κ3) is 3.68. The Labute approximate surface area is 117 Å². The largest absolute Gasteiger partial charge is 0.330 e. The maximum absolute atomic E-state index is 12.7. The average molecular weight is 289 g/mol. The molecular weight excluding hydrogens is 262 g/mol. The highest BCUT2D eigenvalue weighted by atomic mass is 32.2. The maximum atomic E-state index is 12.7. The van der Waals surface area contributed by atoms with Gasteiger partial charge in [0.2, 0.25) is 0 Å². The van der Waals surface area contributed by atoms with E-state index in [4.69, 9.17) is 5.73 Å². The van der Waals surface area contributed by atoms with Crippen LogP contribution in [0, 0.1) is 5.92 Å². The molecule has 2 fully saturated rings. The van der Waals surface area contributed by atoms with Gasteiger partial charge in [0.05, 0.1) is 0 Å². The van der Waals surface area contributed by atoms with Crippen LogP contribution in [0.25, 0.3) is 0 Å². The summed E-state index contributed by atoms with van der Waals surface area (Å²) in [5.41, 5.74) is 5.70. The first kappa shape index (κ1) is 15.2. The van der Waals surface area contributed by atoms with Crippen LogP contribution in [0.3, 0.4) is 0 Å². The molecule has 19 heavy (non-hydrogen) atoms. The molecule has 2 N–H and O–H groups in total. The Hall–Kier alpha value is -0.170. The highest BCUT2D eigenvalue weighted by Gasteiger charge is 2.41. The third-order valence-corrected chi connectivity index (χ3v) is 6.18. The fourth-order valence-corrected chi connectivity index (χ4v) is 4.74. The smallest absolute Gasteiger partial charge is 0.282 e. The van der Waals surface area contributed by atoms with Crippen LogP contribution in [0.15, 0.2) is 0 Å². The molecule has 6 heteroatoms. The Morgan fingerprint density at radius 1 is 1.32 bits per heavy atom. The van der Waals surface area contributed by atoms with Crippen molar-refractivity contribution in [3.05, 3.63) is 0 Å². The van der Waals surface area contributed by atoms with Gasteiger partial charge in [-0.2, -0.15) is 17.0 Å². The number of piperidine rings is 1. The molecule has 0 bridgehead atoms. The van der Waals surface area contributed by atoms with Crippen molar-refractivity contribution in [2.75, 3.05) is 26.2 Å². The number of nitrogens with zero attached hydrogens (tertiary/aromatic N) is 2. The first-order valence-electron chi connectivity index (χ1n) is 7.56. The van der Waals surface area contributed by atoms with E-state index in [0.717, 1.165) is 38.5 Å².